The molecule has 1 amide bonds. The smallest absolute Gasteiger partial charge is 0.292 e. The predicted octanol–water partition coefficient (Wildman–Crippen LogP) is 5.21. The maximum Gasteiger partial charge on any atom is 0.292 e. The Kier molecular flexibility index (Phi) is 4.37. The van der Waals surface area contributed by atoms with Gasteiger partial charge >= 0.3 is 0 Å². The van der Waals surface area contributed by atoms with Gasteiger partial charge in [-0.15, -0.1) is 0 Å². The molecule has 0 fully saturated rings. The van der Waals surface area contributed by atoms with Gasteiger partial charge in [0.25, 0.3) is 5.91 Å². The standard InChI is InChI=1S/C17H12Cl2N2O2/c1-10-6-7-20-16(8-10)21-17(22)15-5-4-14(23-15)12-9-11(18)2-3-13(12)19/h2-9H,1H3,(H,20,21,22). The average Bonchev–Trinajstić information content (AvgIpc) is 2.99. The summed E-state index contributed by atoms with van der Waals surface area (Å²) in [5.41, 5.74) is 1.63. The molecule has 0 bridgehead atoms. The molecule has 6 heteroatoms. The van der Waals surface area contributed by atoms with Gasteiger partial charge in [0.2, 0.25) is 0 Å². The molecule has 0 saturated carbocycles. The van der Waals surface area contributed by atoms with Gasteiger partial charge in [0.15, 0.2) is 5.76 Å². The van der Waals surface area contributed by atoms with Crippen LogP contribution in [0.5, 0.6) is 0 Å². The molecule has 1 N–H and O–H groups in total. The number of nitrogens with zero attached hydrogens (tertiary/aromatic N) is 1. The third-order valence-corrected chi connectivity index (χ3v) is 3.75. The second-order valence-corrected chi connectivity index (χ2v) is 5.80. The van der Waals surface area contributed by atoms with E-state index in [1.165, 1.54) is 0 Å². The van der Waals surface area contributed by atoms with Crippen LogP contribution in [-0.2, 0) is 0 Å². The summed E-state index contributed by atoms with van der Waals surface area (Å²) in [6.45, 7) is 1.92. The van der Waals surface area contributed by atoms with E-state index in [1.54, 1.807) is 42.6 Å². The number of halogens is 2. The van der Waals surface area contributed by atoms with Crippen LogP contribution in [0.15, 0.2) is 53.1 Å². The number of benzene rings is 1. The van der Waals surface area contributed by atoms with E-state index in [-0.39, 0.29) is 11.7 Å². The van der Waals surface area contributed by atoms with E-state index >= 15 is 0 Å². The van der Waals surface area contributed by atoms with Crippen LogP contribution in [0.25, 0.3) is 11.3 Å². The highest BCUT2D eigenvalue weighted by Crippen LogP contribution is 2.31. The topological polar surface area (TPSA) is 55.1 Å². The number of hydrogen-bond acceptors (Lipinski definition) is 3. The minimum Gasteiger partial charge on any atom is -0.451 e. The fraction of sp³-hybridized carbons (Fsp3) is 0.0588. The van der Waals surface area contributed by atoms with Crippen molar-refractivity contribution in [1.82, 2.24) is 4.98 Å². The highest BCUT2D eigenvalue weighted by molar-refractivity contribution is 6.35. The van der Waals surface area contributed by atoms with Crippen LogP contribution in [-0.4, -0.2) is 10.9 Å². The minimum atomic E-state index is -0.382. The lowest BCUT2D eigenvalue weighted by Crippen LogP contribution is -2.11. The van der Waals surface area contributed by atoms with Gasteiger partial charge in [0.05, 0.1) is 5.02 Å². The van der Waals surface area contributed by atoms with Crippen LogP contribution >= 0.6 is 23.2 Å². The molecule has 0 saturated heterocycles. The number of nitrogens with one attached hydrogen (secondary N) is 1. The van der Waals surface area contributed by atoms with Gasteiger partial charge in [-0.25, -0.2) is 4.98 Å². The summed E-state index contributed by atoms with van der Waals surface area (Å²) in [5, 5.41) is 3.72. The van der Waals surface area contributed by atoms with E-state index in [9.17, 15) is 4.79 Å². The van der Waals surface area contributed by atoms with Crippen LogP contribution in [0.3, 0.4) is 0 Å². The summed E-state index contributed by atoms with van der Waals surface area (Å²) in [6, 6.07) is 11.9. The summed E-state index contributed by atoms with van der Waals surface area (Å²) in [5.74, 6) is 0.723. The van der Waals surface area contributed by atoms with Gasteiger partial charge < -0.3 is 9.73 Å². The van der Waals surface area contributed by atoms with E-state index in [0.29, 0.717) is 27.2 Å². The van der Waals surface area contributed by atoms with Crippen molar-refractivity contribution in [3.63, 3.8) is 0 Å². The molecule has 3 aromatic rings. The Morgan fingerprint density at radius 3 is 2.74 bits per heavy atom. The molecule has 4 nitrogen and oxygen atoms in total. The summed E-state index contributed by atoms with van der Waals surface area (Å²) in [7, 11) is 0. The lowest BCUT2D eigenvalue weighted by Gasteiger charge is -2.03. The average molecular weight is 347 g/mol. The third-order valence-electron chi connectivity index (χ3n) is 3.18. The highest BCUT2D eigenvalue weighted by atomic mass is 35.5. The zero-order valence-electron chi connectivity index (χ0n) is 12.1. The number of aryl methyl sites for hydroxylation is 1. The van der Waals surface area contributed by atoms with Crippen LogP contribution in [0, 0.1) is 6.92 Å². The Morgan fingerprint density at radius 2 is 1.96 bits per heavy atom. The molecule has 0 unspecified atom stereocenters. The number of pyridine rings is 1. The zero-order valence-corrected chi connectivity index (χ0v) is 13.7. The zero-order chi connectivity index (χ0) is 16.4. The Morgan fingerprint density at radius 1 is 1.13 bits per heavy atom. The maximum absolute atomic E-state index is 12.2. The number of carbonyl (C=O) groups is 1. The molecule has 3 rings (SSSR count). The number of rotatable bonds is 3. The largest absolute Gasteiger partial charge is 0.451 e. The lowest BCUT2D eigenvalue weighted by molar-refractivity contribution is 0.0997. The second-order valence-electron chi connectivity index (χ2n) is 4.96. The van der Waals surface area contributed by atoms with E-state index in [4.69, 9.17) is 27.6 Å². The molecule has 0 aliphatic carbocycles. The van der Waals surface area contributed by atoms with Crippen molar-refractivity contribution >= 4 is 34.9 Å². The molecule has 0 aliphatic heterocycles. The molecule has 0 spiro atoms. The Labute approximate surface area is 143 Å². The Balaban J connectivity index is 1.84. The molecule has 0 radical (unpaired) electrons. The quantitative estimate of drug-likeness (QED) is 0.708. The molecule has 2 heterocycles. The molecule has 0 aliphatic rings. The number of furan rings is 1. The molecule has 1 aromatic carbocycles. The molecular formula is C17H12Cl2N2O2. The monoisotopic (exact) mass is 346 g/mol. The first-order valence-corrected chi connectivity index (χ1v) is 7.58. The molecule has 0 atom stereocenters. The highest BCUT2D eigenvalue weighted by Gasteiger charge is 2.15. The number of hydrogen-bond donors (Lipinski definition) is 1. The van der Waals surface area contributed by atoms with Crippen molar-refractivity contribution in [1.29, 1.82) is 0 Å². The van der Waals surface area contributed by atoms with Crippen LogP contribution in [0.1, 0.15) is 16.1 Å². The van der Waals surface area contributed by atoms with Gasteiger partial charge in [0.1, 0.15) is 11.6 Å². The first kappa shape index (κ1) is 15.6. The summed E-state index contributed by atoms with van der Waals surface area (Å²) >= 11 is 12.1. The van der Waals surface area contributed by atoms with Crippen molar-refractivity contribution in [3.05, 3.63) is 70.0 Å². The molecular weight excluding hydrogens is 335 g/mol. The van der Waals surface area contributed by atoms with Crippen LogP contribution in [0.4, 0.5) is 5.82 Å². The van der Waals surface area contributed by atoms with Gasteiger partial charge in [-0.1, -0.05) is 23.2 Å². The van der Waals surface area contributed by atoms with E-state index < -0.39 is 0 Å². The first-order chi connectivity index (χ1) is 11.0. The number of amides is 1. The first-order valence-electron chi connectivity index (χ1n) is 6.82. The molecule has 116 valence electrons. The van der Waals surface area contributed by atoms with Crippen molar-refractivity contribution in [2.45, 2.75) is 6.92 Å². The summed E-state index contributed by atoms with van der Waals surface area (Å²) < 4.78 is 5.59. The summed E-state index contributed by atoms with van der Waals surface area (Å²) in [6.07, 6.45) is 1.63. The number of aromatic nitrogens is 1. The predicted molar refractivity (Wildman–Crippen MR) is 91.1 cm³/mol. The van der Waals surface area contributed by atoms with Gasteiger partial charge in [-0.05, 0) is 55.0 Å². The Bertz CT molecular complexity index is 875. The minimum absolute atomic E-state index is 0.166. The van der Waals surface area contributed by atoms with Crippen molar-refractivity contribution in [3.8, 4) is 11.3 Å². The fourth-order valence-electron chi connectivity index (χ4n) is 2.07. The van der Waals surface area contributed by atoms with Crippen LogP contribution in [0.2, 0.25) is 10.0 Å². The molecule has 2 aromatic heterocycles. The number of carbonyl (C=O) groups excluding carboxylic acids is 1. The van der Waals surface area contributed by atoms with Gasteiger partial charge in [0, 0.05) is 16.8 Å². The van der Waals surface area contributed by atoms with E-state index in [1.807, 2.05) is 13.0 Å². The Hall–Kier alpha value is -2.30. The fourth-order valence-corrected chi connectivity index (χ4v) is 2.46. The third kappa shape index (κ3) is 3.55. The normalized spacial score (nSPS) is 10.6. The number of anilines is 1. The van der Waals surface area contributed by atoms with Crippen molar-refractivity contribution in [2.24, 2.45) is 0 Å². The SMILES string of the molecule is Cc1ccnc(NC(=O)c2ccc(-c3cc(Cl)ccc3Cl)o2)c1. The lowest BCUT2D eigenvalue weighted by atomic mass is 10.2. The van der Waals surface area contributed by atoms with Crippen molar-refractivity contribution in [2.75, 3.05) is 5.32 Å². The van der Waals surface area contributed by atoms with Gasteiger partial charge in [-0.3, -0.25) is 4.79 Å². The van der Waals surface area contributed by atoms with E-state index in [0.717, 1.165) is 5.56 Å². The second kappa shape index (κ2) is 6.44. The van der Waals surface area contributed by atoms with E-state index in [2.05, 4.69) is 10.3 Å². The van der Waals surface area contributed by atoms with Crippen LogP contribution < -0.4 is 5.32 Å². The summed E-state index contributed by atoms with van der Waals surface area (Å²) in [4.78, 5) is 16.3. The van der Waals surface area contributed by atoms with Gasteiger partial charge in [-0.2, -0.15) is 0 Å². The molecule has 23 heavy (non-hydrogen) atoms. The van der Waals surface area contributed by atoms with Crippen molar-refractivity contribution < 1.29 is 9.21 Å². The maximum atomic E-state index is 12.2.